The molecule has 186 valence electrons. The van der Waals surface area contributed by atoms with E-state index in [1.807, 2.05) is 0 Å². The molecule has 0 saturated heterocycles. The topological polar surface area (TPSA) is 274 Å². The summed E-state index contributed by atoms with van der Waals surface area (Å²) in [5.74, 6) is -7.61. The molecule has 0 aliphatic carbocycles. The van der Waals surface area contributed by atoms with Crippen molar-refractivity contribution in [1.82, 2.24) is 16.0 Å². The van der Waals surface area contributed by atoms with Crippen molar-refractivity contribution in [3.8, 4) is 0 Å². The van der Waals surface area contributed by atoms with Crippen molar-refractivity contribution in [3.63, 3.8) is 0 Å². The number of carbonyl (C=O) groups is 7. The first-order valence-electron chi connectivity index (χ1n) is 9.57. The molecule has 33 heavy (non-hydrogen) atoms. The molecule has 0 radical (unpaired) electrons. The van der Waals surface area contributed by atoms with Gasteiger partial charge in [-0.2, -0.15) is 12.6 Å². The van der Waals surface area contributed by atoms with E-state index < -0.39 is 84.9 Å². The summed E-state index contributed by atoms with van der Waals surface area (Å²) in [6.07, 6.45) is -2.16. The molecule has 0 saturated carbocycles. The van der Waals surface area contributed by atoms with Crippen molar-refractivity contribution in [1.29, 1.82) is 0 Å². The molecule has 4 unspecified atom stereocenters. The Kier molecular flexibility index (Phi) is 13.1. The standard InChI is InChI=1S/C17H28N6O9S/c18-7(5-12(20)25)14(28)21-8(1-3-11(19)24)15(29)22-9(2-4-13(26)27)16(30)23-10(6-33)17(31)32/h7-10,33H,1-6,18H2,(H2,19,24)(H2,20,25)(H,21,28)(H,22,29)(H,23,30)(H,26,27)(H,31,32). The number of hydrogen-bond donors (Lipinski definition) is 9. The van der Waals surface area contributed by atoms with Crippen molar-refractivity contribution in [2.75, 3.05) is 5.75 Å². The zero-order valence-corrected chi connectivity index (χ0v) is 18.4. The van der Waals surface area contributed by atoms with E-state index in [1.54, 1.807) is 0 Å². The van der Waals surface area contributed by atoms with Crippen LogP contribution in [0.2, 0.25) is 0 Å². The third-order valence-electron chi connectivity index (χ3n) is 4.15. The minimum Gasteiger partial charge on any atom is -0.481 e. The molecular weight excluding hydrogens is 464 g/mol. The predicted molar refractivity (Wildman–Crippen MR) is 114 cm³/mol. The number of aliphatic carboxylic acids is 2. The maximum atomic E-state index is 12.7. The van der Waals surface area contributed by atoms with Crippen molar-refractivity contribution >= 4 is 54.1 Å². The SMILES string of the molecule is NC(=O)CCC(NC(=O)C(N)CC(N)=O)C(=O)NC(CCC(=O)O)C(=O)NC(CS)C(=O)O. The van der Waals surface area contributed by atoms with Gasteiger partial charge in [-0.15, -0.1) is 0 Å². The van der Waals surface area contributed by atoms with Gasteiger partial charge >= 0.3 is 11.9 Å². The van der Waals surface area contributed by atoms with Gasteiger partial charge in [0.15, 0.2) is 0 Å². The van der Waals surface area contributed by atoms with E-state index in [9.17, 15) is 33.6 Å². The molecule has 0 aliphatic heterocycles. The second-order valence-corrected chi connectivity index (χ2v) is 7.28. The Morgan fingerprint density at radius 2 is 1.18 bits per heavy atom. The Morgan fingerprint density at radius 1 is 0.727 bits per heavy atom. The highest BCUT2D eigenvalue weighted by Crippen LogP contribution is 2.05. The quantitative estimate of drug-likeness (QED) is 0.0936. The van der Waals surface area contributed by atoms with Gasteiger partial charge < -0.3 is 43.4 Å². The van der Waals surface area contributed by atoms with Gasteiger partial charge in [0.1, 0.15) is 18.1 Å². The second kappa shape index (κ2) is 14.6. The maximum Gasteiger partial charge on any atom is 0.327 e. The van der Waals surface area contributed by atoms with Crippen LogP contribution in [0.15, 0.2) is 0 Å². The van der Waals surface area contributed by atoms with E-state index in [1.165, 1.54) is 0 Å². The molecule has 16 heteroatoms. The Hall–Kier alpha value is -3.40. The van der Waals surface area contributed by atoms with E-state index >= 15 is 0 Å². The van der Waals surface area contributed by atoms with E-state index in [-0.39, 0.29) is 18.6 Å². The molecule has 5 amide bonds. The molecule has 0 rings (SSSR count). The van der Waals surface area contributed by atoms with Crippen LogP contribution in [0.1, 0.15) is 32.1 Å². The second-order valence-electron chi connectivity index (χ2n) is 6.92. The summed E-state index contributed by atoms with van der Waals surface area (Å²) >= 11 is 3.80. The number of thiol groups is 1. The lowest BCUT2D eigenvalue weighted by atomic mass is 10.1. The number of nitrogens with two attached hydrogens (primary N) is 3. The fraction of sp³-hybridized carbons (Fsp3) is 0.588. The first-order valence-corrected chi connectivity index (χ1v) is 10.2. The van der Waals surface area contributed by atoms with Gasteiger partial charge in [-0.25, -0.2) is 4.79 Å². The zero-order valence-electron chi connectivity index (χ0n) is 17.5. The van der Waals surface area contributed by atoms with Crippen LogP contribution in [0.5, 0.6) is 0 Å². The first kappa shape index (κ1) is 29.6. The lowest BCUT2D eigenvalue weighted by Gasteiger charge is -2.24. The highest BCUT2D eigenvalue weighted by Gasteiger charge is 2.30. The molecule has 15 nitrogen and oxygen atoms in total. The summed E-state index contributed by atoms with van der Waals surface area (Å²) in [7, 11) is 0. The number of primary amides is 2. The summed E-state index contributed by atoms with van der Waals surface area (Å²) in [6.45, 7) is 0. The molecule has 0 aromatic rings. The van der Waals surface area contributed by atoms with Gasteiger partial charge in [0.2, 0.25) is 29.5 Å². The van der Waals surface area contributed by atoms with Crippen molar-refractivity contribution < 1.29 is 43.8 Å². The minimum absolute atomic E-state index is 0.282. The fourth-order valence-electron chi connectivity index (χ4n) is 2.41. The number of carboxylic acid groups (broad SMARTS) is 2. The number of rotatable bonds is 16. The predicted octanol–water partition coefficient (Wildman–Crippen LogP) is -4.21. The average Bonchev–Trinajstić information content (AvgIpc) is 2.70. The van der Waals surface area contributed by atoms with Gasteiger partial charge in [0.25, 0.3) is 0 Å². The summed E-state index contributed by atoms with van der Waals surface area (Å²) in [5, 5.41) is 24.5. The van der Waals surface area contributed by atoms with Gasteiger partial charge in [0, 0.05) is 18.6 Å². The molecule has 0 bridgehead atoms. The van der Waals surface area contributed by atoms with Crippen LogP contribution in [-0.4, -0.2) is 81.6 Å². The highest BCUT2D eigenvalue weighted by molar-refractivity contribution is 7.80. The first-order chi connectivity index (χ1) is 15.3. The van der Waals surface area contributed by atoms with Crippen LogP contribution >= 0.6 is 12.6 Å². The number of carboxylic acids is 2. The monoisotopic (exact) mass is 492 g/mol. The van der Waals surface area contributed by atoms with Crippen LogP contribution in [0.25, 0.3) is 0 Å². The number of nitrogens with one attached hydrogen (secondary N) is 3. The summed E-state index contributed by atoms with van der Waals surface area (Å²) in [6, 6.07) is -5.75. The molecule has 0 aliphatic rings. The molecule has 11 N–H and O–H groups in total. The Balaban J connectivity index is 5.55. The van der Waals surface area contributed by atoms with E-state index in [0.29, 0.717) is 0 Å². The van der Waals surface area contributed by atoms with Crippen LogP contribution < -0.4 is 33.2 Å². The normalized spacial score (nSPS) is 14.1. The number of carbonyl (C=O) groups excluding carboxylic acids is 5. The molecular formula is C17H28N6O9S. The van der Waals surface area contributed by atoms with Gasteiger partial charge in [-0.05, 0) is 12.8 Å². The van der Waals surface area contributed by atoms with Gasteiger partial charge in [0.05, 0.1) is 12.5 Å². The van der Waals surface area contributed by atoms with Crippen molar-refractivity contribution in [2.24, 2.45) is 17.2 Å². The largest absolute Gasteiger partial charge is 0.481 e. The van der Waals surface area contributed by atoms with Crippen molar-refractivity contribution in [2.45, 2.75) is 56.3 Å². The Bertz CT molecular complexity index is 778. The lowest BCUT2D eigenvalue weighted by Crippen LogP contribution is -2.57. The number of hydrogen-bond acceptors (Lipinski definition) is 9. The zero-order chi connectivity index (χ0) is 25.7. The van der Waals surface area contributed by atoms with Crippen LogP contribution in [0, 0.1) is 0 Å². The number of amides is 5. The minimum atomic E-state index is -1.50. The molecule has 0 heterocycles. The smallest absolute Gasteiger partial charge is 0.327 e. The van der Waals surface area contributed by atoms with E-state index in [0.717, 1.165) is 0 Å². The summed E-state index contributed by atoms with van der Waals surface area (Å²) < 4.78 is 0. The molecule has 0 aromatic heterocycles. The van der Waals surface area contributed by atoms with Gasteiger partial charge in [-0.3, -0.25) is 28.8 Å². The Morgan fingerprint density at radius 3 is 1.58 bits per heavy atom. The maximum absolute atomic E-state index is 12.7. The third kappa shape index (κ3) is 12.3. The van der Waals surface area contributed by atoms with Crippen LogP contribution in [0.3, 0.4) is 0 Å². The fourth-order valence-corrected chi connectivity index (χ4v) is 2.66. The third-order valence-corrected chi connectivity index (χ3v) is 4.51. The average molecular weight is 493 g/mol. The van der Waals surface area contributed by atoms with Crippen LogP contribution in [0.4, 0.5) is 0 Å². The lowest BCUT2D eigenvalue weighted by molar-refractivity contribution is -0.142. The van der Waals surface area contributed by atoms with Gasteiger partial charge in [-0.1, -0.05) is 0 Å². The molecule has 0 fully saturated rings. The molecule has 4 atom stereocenters. The van der Waals surface area contributed by atoms with E-state index in [2.05, 4.69) is 28.6 Å². The summed E-state index contributed by atoms with van der Waals surface area (Å²) in [4.78, 5) is 81.4. The molecule has 0 spiro atoms. The van der Waals surface area contributed by atoms with Crippen molar-refractivity contribution in [3.05, 3.63) is 0 Å². The highest BCUT2D eigenvalue weighted by atomic mass is 32.1. The Labute approximate surface area is 193 Å². The van der Waals surface area contributed by atoms with E-state index in [4.69, 9.17) is 27.4 Å². The molecule has 0 aromatic carbocycles. The summed E-state index contributed by atoms with van der Waals surface area (Å²) in [5.41, 5.74) is 15.6. The van der Waals surface area contributed by atoms with Crippen LogP contribution in [-0.2, 0) is 33.6 Å².